The maximum atomic E-state index is 13.6. The third kappa shape index (κ3) is 7.50. The summed E-state index contributed by atoms with van der Waals surface area (Å²) in [6.45, 7) is 20.0. The lowest BCUT2D eigenvalue weighted by Crippen LogP contribution is -2.46. The normalized spacial score (nSPS) is 18.0. The number of fused-ring (bicyclic) bond motifs is 1. The summed E-state index contributed by atoms with van der Waals surface area (Å²) in [5, 5.41) is 27.6. The molecule has 3 aromatic rings. The first-order valence-electron chi connectivity index (χ1n) is 16.2. The molecule has 0 bridgehead atoms. The van der Waals surface area contributed by atoms with Gasteiger partial charge < -0.3 is 14.5 Å². The van der Waals surface area contributed by atoms with Crippen LogP contribution in [-0.4, -0.2) is 52.9 Å². The van der Waals surface area contributed by atoms with Crippen LogP contribution in [0.25, 0.3) is 11.3 Å². The summed E-state index contributed by atoms with van der Waals surface area (Å²) >= 11 is 0. The van der Waals surface area contributed by atoms with E-state index in [0.717, 1.165) is 23.5 Å². The molecule has 47 heavy (non-hydrogen) atoms. The molecule has 5 rings (SSSR count). The predicted octanol–water partition coefficient (Wildman–Crippen LogP) is 7.66. The number of anilines is 3. The van der Waals surface area contributed by atoms with Crippen molar-refractivity contribution in [1.29, 1.82) is 10.5 Å². The topological polar surface area (TPSA) is 142 Å². The molecule has 3 heterocycles. The van der Waals surface area contributed by atoms with Crippen molar-refractivity contribution < 1.29 is 14.0 Å². The molecule has 1 saturated carbocycles. The van der Waals surface area contributed by atoms with Crippen LogP contribution in [0.5, 0.6) is 0 Å². The van der Waals surface area contributed by atoms with E-state index in [1.807, 2.05) is 26.8 Å². The summed E-state index contributed by atoms with van der Waals surface area (Å²) in [7, 11) is -2.14. The minimum atomic E-state index is -2.14. The van der Waals surface area contributed by atoms with Gasteiger partial charge in [0.15, 0.2) is 14.0 Å². The third-order valence-corrected chi connectivity index (χ3v) is 13.8. The molecule has 1 aromatic carbocycles. The molecule has 248 valence electrons. The number of ether oxygens (including phenoxy) is 1. The lowest BCUT2D eigenvalue weighted by Gasteiger charge is -2.39. The fraction of sp³-hybridized carbons (Fsp3) is 0.543. The fourth-order valence-corrected chi connectivity index (χ4v) is 6.54. The summed E-state index contributed by atoms with van der Waals surface area (Å²) in [5.41, 5.74) is 2.06. The second-order valence-electron chi connectivity index (χ2n) is 15.6. The van der Waals surface area contributed by atoms with Crippen LogP contribution in [0, 0.1) is 28.6 Å². The van der Waals surface area contributed by atoms with E-state index >= 15 is 0 Å². The lowest BCUT2D eigenvalue weighted by molar-refractivity contribution is 0.0575. The van der Waals surface area contributed by atoms with Gasteiger partial charge in [-0.15, -0.1) is 0 Å². The van der Waals surface area contributed by atoms with Gasteiger partial charge in [-0.1, -0.05) is 40.5 Å². The van der Waals surface area contributed by atoms with Crippen molar-refractivity contribution >= 4 is 31.9 Å². The van der Waals surface area contributed by atoms with Gasteiger partial charge in [0.2, 0.25) is 5.95 Å². The summed E-state index contributed by atoms with van der Waals surface area (Å²) in [5.74, 6) is 1.71. The first-order valence-corrected chi connectivity index (χ1v) is 19.2. The molecule has 1 aliphatic heterocycles. The molecule has 1 aliphatic carbocycles. The molecule has 0 unspecified atom stereocenters. The zero-order valence-electron chi connectivity index (χ0n) is 29.1. The van der Waals surface area contributed by atoms with Crippen molar-refractivity contribution in [2.24, 2.45) is 5.92 Å². The molecule has 0 radical (unpaired) electrons. The molecule has 0 saturated heterocycles. The number of hydrogen-bond donors (Lipinski definition) is 1. The molecular formula is C35H46N8O3Si. The summed E-state index contributed by atoms with van der Waals surface area (Å²) < 4.78 is 14.3. The Hall–Kier alpha value is -4.26. The van der Waals surface area contributed by atoms with E-state index in [1.54, 1.807) is 34.0 Å². The third-order valence-electron chi connectivity index (χ3n) is 9.36. The van der Waals surface area contributed by atoms with Crippen molar-refractivity contribution in [3.05, 3.63) is 47.3 Å². The molecule has 2 aromatic heterocycles. The van der Waals surface area contributed by atoms with Crippen LogP contribution in [0.1, 0.15) is 84.5 Å². The van der Waals surface area contributed by atoms with Crippen LogP contribution >= 0.6 is 0 Å². The molecule has 1 amide bonds. The van der Waals surface area contributed by atoms with Crippen LogP contribution in [0.15, 0.2) is 30.5 Å². The Bertz CT molecular complexity index is 1750. The predicted molar refractivity (Wildman–Crippen MR) is 184 cm³/mol. The number of nitriles is 2. The SMILES string of the molecule is CC(C)(C)OC(=O)N1C[C@](C)(CO[Si](C)(C)C(C)(C)C)c2cc(-c3ccnc(Nc4cc(C#N)nn4CCC4CC4)n3)cc(C#N)c21. The van der Waals surface area contributed by atoms with Crippen molar-refractivity contribution in [2.75, 3.05) is 23.4 Å². The van der Waals surface area contributed by atoms with Gasteiger partial charge in [0.25, 0.3) is 0 Å². The zero-order valence-corrected chi connectivity index (χ0v) is 30.1. The van der Waals surface area contributed by atoms with E-state index in [4.69, 9.17) is 14.1 Å². The van der Waals surface area contributed by atoms with Crippen molar-refractivity contribution in [3.63, 3.8) is 0 Å². The molecule has 0 spiro atoms. The second kappa shape index (κ2) is 12.4. The maximum absolute atomic E-state index is 13.6. The second-order valence-corrected chi connectivity index (χ2v) is 20.4. The van der Waals surface area contributed by atoms with Gasteiger partial charge in [-0.05, 0) is 75.0 Å². The average Bonchev–Trinajstić information content (AvgIpc) is 3.67. The van der Waals surface area contributed by atoms with Crippen LogP contribution in [0.4, 0.5) is 22.2 Å². The molecule has 12 heteroatoms. The smallest absolute Gasteiger partial charge is 0.414 e. The van der Waals surface area contributed by atoms with Crippen LogP contribution in [-0.2, 0) is 21.1 Å². The summed E-state index contributed by atoms with van der Waals surface area (Å²) in [4.78, 5) is 24.4. The van der Waals surface area contributed by atoms with Gasteiger partial charge in [-0.25, -0.2) is 19.4 Å². The number of amides is 1. The number of rotatable bonds is 9. The van der Waals surface area contributed by atoms with Gasteiger partial charge in [0.05, 0.1) is 16.9 Å². The first kappa shape index (κ1) is 34.1. The largest absolute Gasteiger partial charge is 0.443 e. The van der Waals surface area contributed by atoms with E-state index in [2.05, 4.69) is 68.3 Å². The monoisotopic (exact) mass is 654 g/mol. The maximum Gasteiger partial charge on any atom is 0.414 e. The molecular weight excluding hydrogens is 609 g/mol. The average molecular weight is 655 g/mol. The number of nitrogens with zero attached hydrogens (tertiary/aromatic N) is 7. The van der Waals surface area contributed by atoms with Crippen LogP contribution in [0.3, 0.4) is 0 Å². The standard InChI is InChI=1S/C35H46N8O3Si/c1-33(2,3)46-32(44)42-21-35(7,22-45-47(8,9)34(4,5)6)27-17-24(16-25(19-36)30(27)42)28-12-14-38-31(39-28)40-29-18-26(20-37)41-43(29)15-13-23-10-11-23/h12,14,16-18,23H,10-11,13,15,21-22H2,1-9H3,(H,38,39,40)/t35-/m1/s1. The van der Waals surface area contributed by atoms with Gasteiger partial charge in [-0.3, -0.25) is 4.90 Å². The van der Waals surface area contributed by atoms with Crippen LogP contribution in [0.2, 0.25) is 18.1 Å². The highest BCUT2D eigenvalue weighted by atomic mass is 28.4. The highest BCUT2D eigenvalue weighted by Gasteiger charge is 2.47. The highest BCUT2D eigenvalue weighted by molar-refractivity contribution is 6.74. The van der Waals surface area contributed by atoms with E-state index in [9.17, 15) is 15.3 Å². The minimum Gasteiger partial charge on any atom is -0.443 e. The molecule has 1 atom stereocenters. The fourth-order valence-electron chi connectivity index (χ4n) is 5.43. The number of nitrogens with one attached hydrogen (secondary N) is 1. The van der Waals surface area contributed by atoms with Gasteiger partial charge in [-0.2, -0.15) is 15.6 Å². The van der Waals surface area contributed by atoms with Gasteiger partial charge >= 0.3 is 6.09 Å². The Morgan fingerprint density at radius 3 is 2.47 bits per heavy atom. The Labute approximate surface area is 279 Å². The Morgan fingerprint density at radius 1 is 1.13 bits per heavy atom. The van der Waals surface area contributed by atoms with E-state index in [0.29, 0.717) is 54.1 Å². The zero-order chi connectivity index (χ0) is 34.4. The molecule has 2 aliphatic rings. The molecule has 11 nitrogen and oxygen atoms in total. The van der Waals surface area contributed by atoms with Crippen molar-refractivity contribution in [3.8, 4) is 23.4 Å². The molecule has 1 N–H and O–H groups in total. The van der Waals surface area contributed by atoms with Crippen LogP contribution < -0.4 is 10.2 Å². The Kier molecular flexibility index (Phi) is 8.99. The number of aryl methyl sites for hydroxylation is 1. The number of carbonyl (C=O) groups excluding carboxylic acids is 1. The van der Waals surface area contributed by atoms with Gasteiger partial charge in [0.1, 0.15) is 23.6 Å². The Balaban J connectivity index is 1.53. The van der Waals surface area contributed by atoms with Crippen molar-refractivity contribution in [1.82, 2.24) is 19.7 Å². The number of aromatic nitrogens is 4. The van der Waals surface area contributed by atoms with E-state index in [-0.39, 0.29) is 5.04 Å². The number of hydrogen-bond acceptors (Lipinski definition) is 9. The van der Waals surface area contributed by atoms with E-state index < -0.39 is 25.4 Å². The van der Waals surface area contributed by atoms with Crippen molar-refractivity contribution in [2.45, 2.75) is 103 Å². The summed E-state index contributed by atoms with van der Waals surface area (Å²) in [6.07, 6.45) is 4.65. The highest BCUT2D eigenvalue weighted by Crippen LogP contribution is 2.47. The lowest BCUT2D eigenvalue weighted by atomic mass is 9.83. The number of carbonyl (C=O) groups is 1. The van der Waals surface area contributed by atoms with Gasteiger partial charge in [0, 0.05) is 42.9 Å². The minimum absolute atomic E-state index is 0.000941. The first-order chi connectivity index (χ1) is 21.9. The molecule has 1 fully saturated rings. The number of benzene rings is 1. The Morgan fingerprint density at radius 2 is 1.85 bits per heavy atom. The van der Waals surface area contributed by atoms with E-state index in [1.165, 1.54) is 12.8 Å². The summed E-state index contributed by atoms with van der Waals surface area (Å²) in [6, 6.07) is 11.7. The quantitative estimate of drug-likeness (QED) is 0.230.